The van der Waals surface area contributed by atoms with Crippen molar-refractivity contribution in [3.8, 4) is 0 Å². The molecule has 1 unspecified atom stereocenters. The van der Waals surface area contributed by atoms with Crippen molar-refractivity contribution in [2.45, 2.75) is 18.4 Å². The Kier molecular flexibility index (Phi) is 5.09. The molecule has 0 radical (unpaired) electrons. The SMILES string of the molecule is CC(C(=O)NCc1ccc(S(C)(=O)=O)cc1)C(N)=NO. The van der Waals surface area contributed by atoms with Gasteiger partial charge < -0.3 is 16.3 Å². The van der Waals surface area contributed by atoms with Gasteiger partial charge in [0.05, 0.1) is 10.8 Å². The van der Waals surface area contributed by atoms with Crippen molar-refractivity contribution in [1.82, 2.24) is 5.32 Å². The molecule has 0 heterocycles. The lowest BCUT2D eigenvalue weighted by Crippen LogP contribution is -2.36. The van der Waals surface area contributed by atoms with E-state index in [1.807, 2.05) is 0 Å². The summed E-state index contributed by atoms with van der Waals surface area (Å²) >= 11 is 0. The summed E-state index contributed by atoms with van der Waals surface area (Å²) in [5.41, 5.74) is 6.07. The largest absolute Gasteiger partial charge is 0.409 e. The van der Waals surface area contributed by atoms with Crippen LogP contribution in [0.25, 0.3) is 0 Å². The molecule has 0 fully saturated rings. The smallest absolute Gasteiger partial charge is 0.230 e. The lowest BCUT2D eigenvalue weighted by molar-refractivity contribution is -0.122. The van der Waals surface area contributed by atoms with Gasteiger partial charge in [0.25, 0.3) is 0 Å². The maximum absolute atomic E-state index is 11.7. The van der Waals surface area contributed by atoms with E-state index in [0.29, 0.717) is 0 Å². The molecule has 0 bridgehead atoms. The second kappa shape index (κ2) is 6.38. The number of sulfone groups is 1. The highest BCUT2D eigenvalue weighted by Crippen LogP contribution is 2.10. The topological polar surface area (TPSA) is 122 Å². The molecule has 0 saturated carbocycles. The number of nitrogens with one attached hydrogen (secondary N) is 1. The lowest BCUT2D eigenvalue weighted by atomic mass is 10.1. The summed E-state index contributed by atoms with van der Waals surface area (Å²) in [5.74, 6) is -1.29. The molecular weight excluding hydrogens is 282 g/mol. The predicted octanol–water partition coefficient (Wildman–Crippen LogP) is 0.0888. The van der Waals surface area contributed by atoms with Crippen LogP contribution in [0, 0.1) is 5.92 Å². The summed E-state index contributed by atoms with van der Waals surface area (Å²) in [7, 11) is -3.23. The Balaban J connectivity index is 2.65. The highest BCUT2D eigenvalue weighted by Gasteiger charge is 2.17. The minimum absolute atomic E-state index is 0.171. The number of nitrogens with zero attached hydrogens (tertiary/aromatic N) is 1. The van der Waals surface area contributed by atoms with E-state index in [1.54, 1.807) is 12.1 Å². The first-order valence-corrected chi connectivity index (χ1v) is 7.69. The molecule has 0 aliphatic carbocycles. The molecule has 8 heteroatoms. The van der Waals surface area contributed by atoms with E-state index in [1.165, 1.54) is 19.1 Å². The van der Waals surface area contributed by atoms with Gasteiger partial charge in [0.2, 0.25) is 5.91 Å². The maximum atomic E-state index is 11.7. The number of carbonyl (C=O) groups excluding carboxylic acids is 1. The molecule has 110 valence electrons. The van der Waals surface area contributed by atoms with Crippen molar-refractivity contribution in [3.05, 3.63) is 29.8 Å². The van der Waals surface area contributed by atoms with E-state index in [2.05, 4.69) is 10.5 Å². The molecule has 1 aromatic carbocycles. The van der Waals surface area contributed by atoms with Crippen LogP contribution in [0.1, 0.15) is 12.5 Å². The molecular formula is C12H17N3O4S. The molecule has 1 aromatic rings. The Bertz CT molecular complexity index is 608. The van der Waals surface area contributed by atoms with Crippen LogP contribution >= 0.6 is 0 Å². The standard InChI is InChI=1S/C12H17N3O4S/c1-8(11(13)15-17)12(16)14-7-9-3-5-10(6-4-9)20(2,18)19/h3-6,8,17H,7H2,1-2H3,(H2,13,15)(H,14,16). The number of hydrogen-bond acceptors (Lipinski definition) is 5. The second-order valence-corrected chi connectivity index (χ2v) is 6.40. The van der Waals surface area contributed by atoms with Crippen LogP contribution in [0.3, 0.4) is 0 Å². The Morgan fingerprint density at radius 2 is 1.95 bits per heavy atom. The van der Waals surface area contributed by atoms with Crippen LogP contribution in [0.4, 0.5) is 0 Å². The molecule has 4 N–H and O–H groups in total. The lowest BCUT2D eigenvalue weighted by Gasteiger charge is -2.10. The normalized spacial score (nSPS) is 13.8. The first-order valence-electron chi connectivity index (χ1n) is 5.80. The number of amidine groups is 1. The fourth-order valence-corrected chi connectivity index (χ4v) is 2.05. The zero-order chi connectivity index (χ0) is 15.3. The summed E-state index contributed by atoms with van der Waals surface area (Å²) in [5, 5.41) is 13.9. The molecule has 0 aromatic heterocycles. The highest BCUT2D eigenvalue weighted by molar-refractivity contribution is 7.90. The number of nitrogens with two attached hydrogens (primary N) is 1. The molecule has 1 amide bonds. The van der Waals surface area contributed by atoms with Crippen LogP contribution in [0.15, 0.2) is 34.3 Å². The Morgan fingerprint density at radius 1 is 1.40 bits per heavy atom. The van der Waals surface area contributed by atoms with E-state index in [0.717, 1.165) is 11.8 Å². The Labute approximate surface area is 117 Å². The van der Waals surface area contributed by atoms with E-state index in [9.17, 15) is 13.2 Å². The van der Waals surface area contributed by atoms with Gasteiger partial charge in [-0.15, -0.1) is 0 Å². The summed E-state index contributed by atoms with van der Waals surface area (Å²) in [6.07, 6.45) is 1.13. The molecule has 1 atom stereocenters. The van der Waals surface area contributed by atoms with Crippen molar-refractivity contribution in [2.24, 2.45) is 16.8 Å². The molecule has 20 heavy (non-hydrogen) atoms. The highest BCUT2D eigenvalue weighted by atomic mass is 32.2. The van der Waals surface area contributed by atoms with Crippen LogP contribution in [-0.4, -0.2) is 31.6 Å². The number of oxime groups is 1. The van der Waals surface area contributed by atoms with Crippen LogP contribution in [-0.2, 0) is 21.2 Å². The van der Waals surface area contributed by atoms with Crippen LogP contribution in [0.5, 0.6) is 0 Å². The third kappa shape index (κ3) is 4.23. The third-order valence-corrected chi connectivity index (χ3v) is 3.90. The van der Waals surface area contributed by atoms with Gasteiger partial charge in [0.15, 0.2) is 15.7 Å². The minimum atomic E-state index is -3.23. The van der Waals surface area contributed by atoms with Gasteiger partial charge in [-0.1, -0.05) is 17.3 Å². The number of amides is 1. The zero-order valence-electron chi connectivity index (χ0n) is 11.2. The van der Waals surface area contributed by atoms with Crippen molar-refractivity contribution in [3.63, 3.8) is 0 Å². The van der Waals surface area contributed by atoms with Crippen molar-refractivity contribution >= 4 is 21.6 Å². The van der Waals surface area contributed by atoms with E-state index >= 15 is 0 Å². The summed E-state index contributed by atoms with van der Waals surface area (Å²) < 4.78 is 22.6. The van der Waals surface area contributed by atoms with Gasteiger partial charge in [-0.2, -0.15) is 0 Å². The molecule has 1 rings (SSSR count). The summed E-state index contributed by atoms with van der Waals surface area (Å²) in [4.78, 5) is 11.9. The fourth-order valence-electron chi connectivity index (χ4n) is 1.42. The molecule has 0 saturated heterocycles. The fraction of sp³-hybridized carbons (Fsp3) is 0.333. The number of benzene rings is 1. The average Bonchev–Trinajstić information content (AvgIpc) is 2.42. The summed E-state index contributed by atoms with van der Waals surface area (Å²) in [6, 6.07) is 6.18. The first kappa shape index (κ1) is 16.0. The number of carbonyl (C=O) groups is 1. The Morgan fingerprint density at radius 3 is 2.40 bits per heavy atom. The quantitative estimate of drug-likeness (QED) is 0.308. The maximum Gasteiger partial charge on any atom is 0.230 e. The van der Waals surface area contributed by atoms with E-state index in [4.69, 9.17) is 10.9 Å². The molecule has 7 nitrogen and oxygen atoms in total. The number of rotatable bonds is 5. The second-order valence-electron chi connectivity index (χ2n) is 4.38. The van der Waals surface area contributed by atoms with Crippen LogP contribution < -0.4 is 11.1 Å². The number of hydrogen-bond donors (Lipinski definition) is 3. The van der Waals surface area contributed by atoms with Gasteiger partial charge in [0, 0.05) is 12.8 Å². The molecule has 0 spiro atoms. The van der Waals surface area contributed by atoms with Gasteiger partial charge in [-0.3, -0.25) is 4.79 Å². The zero-order valence-corrected chi connectivity index (χ0v) is 12.0. The first-order chi connectivity index (χ1) is 9.25. The Hall–Kier alpha value is -2.09. The van der Waals surface area contributed by atoms with Gasteiger partial charge in [0.1, 0.15) is 0 Å². The minimum Gasteiger partial charge on any atom is -0.409 e. The van der Waals surface area contributed by atoms with Crippen molar-refractivity contribution in [2.75, 3.05) is 6.26 Å². The third-order valence-electron chi connectivity index (χ3n) is 2.77. The average molecular weight is 299 g/mol. The van der Waals surface area contributed by atoms with E-state index in [-0.39, 0.29) is 23.2 Å². The monoisotopic (exact) mass is 299 g/mol. The van der Waals surface area contributed by atoms with E-state index < -0.39 is 15.8 Å². The van der Waals surface area contributed by atoms with Gasteiger partial charge >= 0.3 is 0 Å². The van der Waals surface area contributed by atoms with Gasteiger partial charge in [-0.25, -0.2) is 8.42 Å². The van der Waals surface area contributed by atoms with Crippen molar-refractivity contribution < 1.29 is 18.4 Å². The van der Waals surface area contributed by atoms with Crippen LogP contribution in [0.2, 0.25) is 0 Å². The summed E-state index contributed by atoms with van der Waals surface area (Å²) in [6.45, 7) is 1.74. The molecule has 0 aliphatic rings. The predicted molar refractivity (Wildman–Crippen MR) is 74.0 cm³/mol. The van der Waals surface area contributed by atoms with Crippen molar-refractivity contribution in [1.29, 1.82) is 0 Å². The van der Waals surface area contributed by atoms with Gasteiger partial charge in [-0.05, 0) is 24.6 Å². The molecule has 0 aliphatic heterocycles.